The lowest BCUT2D eigenvalue weighted by molar-refractivity contribution is 0.0696. The zero-order valence-corrected chi connectivity index (χ0v) is 29.4. The summed E-state index contributed by atoms with van der Waals surface area (Å²) in [5, 5.41) is 11.7. The van der Waals surface area contributed by atoms with Crippen LogP contribution < -0.4 is 14.8 Å². The summed E-state index contributed by atoms with van der Waals surface area (Å²) in [5.41, 5.74) is 7.37. The van der Waals surface area contributed by atoms with Crippen molar-refractivity contribution in [1.82, 2.24) is 10.3 Å². The first kappa shape index (κ1) is 39.3. The van der Waals surface area contributed by atoms with Crippen molar-refractivity contribution < 1.29 is 24.2 Å². The molecule has 7 nitrogen and oxygen atoms in total. The van der Waals surface area contributed by atoms with Gasteiger partial charge in [-0.05, 0) is 152 Å². The van der Waals surface area contributed by atoms with Crippen LogP contribution in [-0.2, 0) is 6.42 Å². The zero-order valence-electron chi connectivity index (χ0n) is 29.4. The highest BCUT2D eigenvalue weighted by molar-refractivity contribution is 5.94. The Bertz CT molecular complexity index is 1510. The Hall–Kier alpha value is -4.91. The van der Waals surface area contributed by atoms with Crippen LogP contribution >= 0.6 is 0 Å². The summed E-state index contributed by atoms with van der Waals surface area (Å²) in [7, 11) is 0. The molecule has 0 bridgehead atoms. The second kappa shape index (κ2) is 22.6. The molecule has 0 spiro atoms. The highest BCUT2D eigenvalue weighted by atomic mass is 16.5. The smallest absolute Gasteiger partial charge is 0.335 e. The van der Waals surface area contributed by atoms with Gasteiger partial charge >= 0.3 is 5.97 Å². The third kappa shape index (κ3) is 17.7. The number of amides is 1. The second-order valence-corrected chi connectivity index (χ2v) is 12.1. The molecule has 0 fully saturated rings. The third-order valence-corrected chi connectivity index (χ3v) is 7.21. The quantitative estimate of drug-likeness (QED) is 0.141. The van der Waals surface area contributed by atoms with Crippen molar-refractivity contribution >= 4 is 11.9 Å². The van der Waals surface area contributed by atoms with E-state index in [4.69, 9.17) is 14.6 Å². The number of aromatic carboxylic acids is 1. The SMILES string of the molecule is CC(C)=CCC/C(C)=C/COc1ccc(C(=O)NCCc2ccncc2)cc1.CC(C)=CCC/C(C)=C/COc1ccc(C(=O)O)cc1. The van der Waals surface area contributed by atoms with Crippen molar-refractivity contribution in [2.45, 2.75) is 73.6 Å². The molecular weight excluding hydrogens is 600 g/mol. The number of benzene rings is 2. The molecule has 0 saturated heterocycles. The molecule has 256 valence electrons. The van der Waals surface area contributed by atoms with Crippen LogP contribution in [-0.4, -0.2) is 41.7 Å². The van der Waals surface area contributed by atoms with Crippen LogP contribution in [0.3, 0.4) is 0 Å². The van der Waals surface area contributed by atoms with E-state index in [1.54, 1.807) is 48.8 Å². The summed E-state index contributed by atoms with van der Waals surface area (Å²) in [6.45, 7) is 14.3. The number of ether oxygens (including phenoxy) is 2. The van der Waals surface area contributed by atoms with E-state index in [9.17, 15) is 9.59 Å². The van der Waals surface area contributed by atoms with Crippen molar-refractivity contribution in [2.75, 3.05) is 19.8 Å². The normalized spacial score (nSPS) is 11.0. The predicted octanol–water partition coefficient (Wildman–Crippen LogP) is 9.58. The van der Waals surface area contributed by atoms with E-state index in [-0.39, 0.29) is 11.5 Å². The summed E-state index contributed by atoms with van der Waals surface area (Å²) in [6, 6.07) is 17.6. The molecule has 0 atom stereocenters. The molecule has 0 aliphatic rings. The average molecular weight is 653 g/mol. The van der Waals surface area contributed by atoms with Crippen LogP contribution in [0.1, 0.15) is 93.5 Å². The lowest BCUT2D eigenvalue weighted by Gasteiger charge is -2.07. The summed E-state index contributed by atoms with van der Waals surface area (Å²) in [5.74, 6) is 0.451. The van der Waals surface area contributed by atoms with Crippen LogP contribution in [0.25, 0.3) is 0 Å². The summed E-state index contributed by atoms with van der Waals surface area (Å²) in [6.07, 6.45) is 17.2. The molecular formula is C41H52N2O5. The minimum Gasteiger partial charge on any atom is -0.490 e. The number of hydrogen-bond acceptors (Lipinski definition) is 5. The molecule has 2 aromatic carbocycles. The van der Waals surface area contributed by atoms with Gasteiger partial charge in [-0.1, -0.05) is 34.4 Å². The Labute approximate surface area is 287 Å². The van der Waals surface area contributed by atoms with Gasteiger partial charge in [0.05, 0.1) is 5.56 Å². The van der Waals surface area contributed by atoms with Crippen LogP contribution in [0.5, 0.6) is 11.5 Å². The summed E-state index contributed by atoms with van der Waals surface area (Å²) < 4.78 is 11.3. The number of nitrogens with one attached hydrogen (secondary N) is 1. The van der Waals surface area contributed by atoms with Crippen LogP contribution in [0.4, 0.5) is 0 Å². The maximum Gasteiger partial charge on any atom is 0.335 e. The molecule has 1 heterocycles. The fourth-order valence-corrected chi connectivity index (χ4v) is 4.31. The number of hydrogen-bond donors (Lipinski definition) is 2. The fourth-order valence-electron chi connectivity index (χ4n) is 4.31. The van der Waals surface area contributed by atoms with E-state index in [1.807, 2.05) is 24.3 Å². The van der Waals surface area contributed by atoms with Gasteiger partial charge in [0.2, 0.25) is 0 Å². The number of aromatic nitrogens is 1. The number of carbonyl (C=O) groups excluding carboxylic acids is 1. The van der Waals surface area contributed by atoms with Gasteiger partial charge in [-0.25, -0.2) is 4.79 Å². The highest BCUT2D eigenvalue weighted by Gasteiger charge is 2.05. The van der Waals surface area contributed by atoms with Crippen LogP contribution in [0.2, 0.25) is 0 Å². The lowest BCUT2D eigenvalue weighted by Crippen LogP contribution is -2.25. The van der Waals surface area contributed by atoms with Crippen LogP contribution in [0, 0.1) is 0 Å². The molecule has 48 heavy (non-hydrogen) atoms. The third-order valence-electron chi connectivity index (χ3n) is 7.21. The average Bonchev–Trinajstić information content (AvgIpc) is 3.06. The van der Waals surface area contributed by atoms with E-state index < -0.39 is 5.97 Å². The molecule has 2 N–H and O–H groups in total. The van der Waals surface area contributed by atoms with Crippen molar-refractivity contribution in [2.24, 2.45) is 0 Å². The zero-order chi connectivity index (χ0) is 35.1. The number of rotatable bonds is 17. The van der Waals surface area contributed by atoms with E-state index >= 15 is 0 Å². The first-order valence-electron chi connectivity index (χ1n) is 16.5. The summed E-state index contributed by atoms with van der Waals surface area (Å²) in [4.78, 5) is 26.9. The maximum absolute atomic E-state index is 12.2. The molecule has 0 saturated carbocycles. The van der Waals surface area contributed by atoms with Gasteiger partial charge in [-0.2, -0.15) is 0 Å². The minimum absolute atomic E-state index is 0.0735. The van der Waals surface area contributed by atoms with E-state index in [0.717, 1.165) is 43.4 Å². The fraction of sp³-hybridized carbons (Fsp3) is 0.341. The largest absolute Gasteiger partial charge is 0.490 e. The van der Waals surface area contributed by atoms with E-state index in [1.165, 1.54) is 22.3 Å². The number of pyridine rings is 1. The van der Waals surface area contributed by atoms with Crippen molar-refractivity contribution in [3.8, 4) is 11.5 Å². The van der Waals surface area contributed by atoms with Gasteiger partial charge in [0.1, 0.15) is 24.7 Å². The Kier molecular flexibility index (Phi) is 18.5. The number of carboxylic acid groups (broad SMARTS) is 1. The van der Waals surface area contributed by atoms with Crippen LogP contribution in [0.15, 0.2) is 120 Å². The monoisotopic (exact) mass is 652 g/mol. The maximum atomic E-state index is 12.2. The van der Waals surface area contributed by atoms with E-state index in [0.29, 0.717) is 31.1 Å². The number of carbonyl (C=O) groups is 2. The van der Waals surface area contributed by atoms with Gasteiger partial charge in [0, 0.05) is 24.5 Å². The summed E-state index contributed by atoms with van der Waals surface area (Å²) >= 11 is 0. The van der Waals surface area contributed by atoms with Gasteiger partial charge in [-0.3, -0.25) is 9.78 Å². The van der Waals surface area contributed by atoms with Crippen molar-refractivity contribution in [3.63, 3.8) is 0 Å². The highest BCUT2D eigenvalue weighted by Crippen LogP contribution is 2.15. The minimum atomic E-state index is -0.924. The molecule has 0 aliphatic heterocycles. The van der Waals surface area contributed by atoms with Crippen molar-refractivity contribution in [1.29, 1.82) is 0 Å². The number of nitrogens with zero attached hydrogens (tertiary/aromatic N) is 1. The molecule has 0 unspecified atom stereocenters. The number of allylic oxidation sites excluding steroid dienone is 6. The Morgan fingerprint density at radius 2 is 1.12 bits per heavy atom. The Morgan fingerprint density at radius 1 is 0.667 bits per heavy atom. The lowest BCUT2D eigenvalue weighted by atomic mass is 10.1. The van der Waals surface area contributed by atoms with E-state index in [2.05, 4.69) is 76.1 Å². The number of carboxylic acids is 1. The molecule has 7 heteroatoms. The molecule has 0 radical (unpaired) electrons. The topological polar surface area (TPSA) is 97.8 Å². The van der Waals surface area contributed by atoms with Gasteiger partial charge in [-0.15, -0.1) is 0 Å². The molecule has 3 aromatic rings. The van der Waals surface area contributed by atoms with Gasteiger partial charge < -0.3 is 19.9 Å². The standard InChI is InChI=1S/C24H30N2O2.C17H22O3/c1-19(2)5-4-6-20(3)14-18-28-23-9-7-22(8-10-23)24(27)26-17-13-21-11-15-25-16-12-21;1-13(2)5-4-6-14(3)11-12-20-16-9-7-15(8-10-16)17(18)19/h5,7-12,14-16H,4,6,13,17-18H2,1-3H3,(H,26,27);5,7-11H,4,6,12H2,1-3H3,(H,18,19)/b20-14+;14-11+. The first-order chi connectivity index (χ1) is 23.0. The Morgan fingerprint density at radius 3 is 1.56 bits per heavy atom. The van der Waals surface area contributed by atoms with Gasteiger partial charge in [0.15, 0.2) is 0 Å². The molecule has 0 aliphatic carbocycles. The molecule has 1 aromatic heterocycles. The molecule has 3 rings (SSSR count). The Balaban J connectivity index is 0.000000353. The first-order valence-corrected chi connectivity index (χ1v) is 16.5. The van der Waals surface area contributed by atoms with Gasteiger partial charge in [0.25, 0.3) is 5.91 Å². The molecule has 1 amide bonds. The van der Waals surface area contributed by atoms with Crippen molar-refractivity contribution in [3.05, 3.63) is 136 Å². The second-order valence-electron chi connectivity index (χ2n) is 12.1. The predicted molar refractivity (Wildman–Crippen MR) is 196 cm³/mol.